The number of likely N-dealkylation sites (tertiary alicyclic amines) is 1. The van der Waals surface area contributed by atoms with E-state index in [2.05, 4.69) is 27.6 Å². The molecule has 0 bridgehead atoms. The van der Waals surface area contributed by atoms with Crippen LogP contribution in [0.3, 0.4) is 0 Å². The molecule has 0 aromatic carbocycles. The highest BCUT2D eigenvalue weighted by Gasteiger charge is 2.24. The molecule has 1 saturated heterocycles. The van der Waals surface area contributed by atoms with E-state index >= 15 is 0 Å². The summed E-state index contributed by atoms with van der Waals surface area (Å²) < 4.78 is 1.92. The molecule has 2 rings (SSSR count). The zero-order chi connectivity index (χ0) is 18.2. The third kappa shape index (κ3) is 7.13. The number of aryl methyl sites for hydroxylation is 1. The minimum absolute atomic E-state index is 0. The average Bonchev–Trinajstić information content (AvgIpc) is 3.00. The van der Waals surface area contributed by atoms with Crippen molar-refractivity contribution < 1.29 is 4.79 Å². The van der Waals surface area contributed by atoms with E-state index in [0.29, 0.717) is 12.6 Å². The summed E-state index contributed by atoms with van der Waals surface area (Å²) in [5.74, 6) is 1.18. The molecule has 1 aromatic rings. The number of hydrogen-bond donors (Lipinski definition) is 2. The Labute approximate surface area is 174 Å². The Morgan fingerprint density at radius 2 is 2.08 bits per heavy atom. The van der Waals surface area contributed by atoms with Gasteiger partial charge in [0.15, 0.2) is 5.96 Å². The Bertz CT molecular complexity index is 578. The molecule has 1 fully saturated rings. The number of nitrogens with one attached hydrogen (secondary N) is 2. The standard InChI is InChI=1S/C18H32N6O.HI/c1-5-19-18(20-8-11-24-13-15(4)12-21-24)22-16-6-9-23(10-7-16)17(25)14(2)3;/h12-14,16H,5-11H2,1-4H3,(H2,19,20,22);1H. The number of carbonyl (C=O) groups is 1. The second kappa shape index (κ2) is 11.4. The Balaban J connectivity index is 0.00000338. The molecule has 1 aliphatic heterocycles. The summed E-state index contributed by atoms with van der Waals surface area (Å²) in [6.07, 6.45) is 5.80. The predicted molar refractivity (Wildman–Crippen MR) is 116 cm³/mol. The van der Waals surface area contributed by atoms with Gasteiger partial charge in [0, 0.05) is 37.8 Å². The fraction of sp³-hybridized carbons (Fsp3) is 0.722. The van der Waals surface area contributed by atoms with Crippen LogP contribution in [0.4, 0.5) is 0 Å². The fourth-order valence-corrected chi connectivity index (χ4v) is 2.98. The maximum absolute atomic E-state index is 12.1. The van der Waals surface area contributed by atoms with Crippen molar-refractivity contribution in [2.24, 2.45) is 10.9 Å². The molecule has 0 aliphatic carbocycles. The van der Waals surface area contributed by atoms with Gasteiger partial charge in [-0.05, 0) is 32.3 Å². The van der Waals surface area contributed by atoms with Crippen molar-refractivity contribution in [1.82, 2.24) is 25.3 Å². The maximum atomic E-state index is 12.1. The zero-order valence-corrected chi connectivity index (χ0v) is 18.7. The molecule has 1 aliphatic rings. The molecule has 8 heteroatoms. The smallest absolute Gasteiger partial charge is 0.225 e. The molecule has 148 valence electrons. The lowest BCUT2D eigenvalue weighted by Crippen LogP contribution is -2.50. The fourth-order valence-electron chi connectivity index (χ4n) is 2.98. The highest BCUT2D eigenvalue weighted by Crippen LogP contribution is 2.13. The summed E-state index contributed by atoms with van der Waals surface area (Å²) in [6, 6.07) is 0.362. The first-order chi connectivity index (χ1) is 12.0. The number of aromatic nitrogens is 2. The molecule has 1 amide bonds. The first-order valence-corrected chi connectivity index (χ1v) is 9.32. The minimum atomic E-state index is 0. The maximum Gasteiger partial charge on any atom is 0.225 e. The quantitative estimate of drug-likeness (QED) is 0.374. The van der Waals surface area contributed by atoms with Crippen LogP contribution in [0, 0.1) is 12.8 Å². The van der Waals surface area contributed by atoms with Gasteiger partial charge >= 0.3 is 0 Å². The molecule has 0 radical (unpaired) electrons. The van der Waals surface area contributed by atoms with E-state index in [1.807, 2.05) is 42.7 Å². The van der Waals surface area contributed by atoms with E-state index in [1.54, 1.807) is 0 Å². The first kappa shape index (κ1) is 22.7. The van der Waals surface area contributed by atoms with E-state index in [-0.39, 0.29) is 35.8 Å². The molecule has 0 saturated carbocycles. The topological polar surface area (TPSA) is 74.6 Å². The summed E-state index contributed by atoms with van der Waals surface area (Å²) in [5.41, 5.74) is 1.16. The number of rotatable bonds is 6. The van der Waals surface area contributed by atoms with Crippen LogP contribution in [-0.4, -0.2) is 58.8 Å². The summed E-state index contributed by atoms with van der Waals surface area (Å²) in [6.45, 7) is 12.0. The van der Waals surface area contributed by atoms with Crippen LogP contribution < -0.4 is 10.6 Å². The lowest BCUT2D eigenvalue weighted by molar-refractivity contribution is -0.135. The molecule has 2 N–H and O–H groups in total. The number of hydrogen-bond acceptors (Lipinski definition) is 3. The van der Waals surface area contributed by atoms with Gasteiger partial charge in [-0.15, -0.1) is 24.0 Å². The van der Waals surface area contributed by atoms with E-state index in [9.17, 15) is 4.79 Å². The highest BCUT2D eigenvalue weighted by molar-refractivity contribution is 14.0. The lowest BCUT2D eigenvalue weighted by atomic mass is 10.0. The zero-order valence-electron chi connectivity index (χ0n) is 16.4. The van der Waals surface area contributed by atoms with Crippen LogP contribution in [0.1, 0.15) is 39.2 Å². The average molecular weight is 476 g/mol. The highest BCUT2D eigenvalue weighted by atomic mass is 127. The number of carbonyl (C=O) groups excluding carboxylic acids is 1. The van der Waals surface area contributed by atoms with Crippen LogP contribution in [0.5, 0.6) is 0 Å². The molecular formula is C18H33IN6O. The number of aliphatic imine (C=N–C) groups is 1. The number of nitrogens with zero attached hydrogens (tertiary/aromatic N) is 4. The van der Waals surface area contributed by atoms with Crippen molar-refractivity contribution >= 4 is 35.8 Å². The van der Waals surface area contributed by atoms with E-state index < -0.39 is 0 Å². The normalized spacial score (nSPS) is 15.7. The summed E-state index contributed by atoms with van der Waals surface area (Å²) >= 11 is 0. The summed E-state index contributed by atoms with van der Waals surface area (Å²) in [4.78, 5) is 18.7. The van der Waals surface area contributed by atoms with Crippen molar-refractivity contribution in [3.8, 4) is 0 Å². The molecule has 26 heavy (non-hydrogen) atoms. The van der Waals surface area contributed by atoms with E-state index in [4.69, 9.17) is 0 Å². The lowest BCUT2D eigenvalue weighted by Gasteiger charge is -2.34. The van der Waals surface area contributed by atoms with Crippen molar-refractivity contribution in [2.75, 3.05) is 26.2 Å². The van der Waals surface area contributed by atoms with Crippen LogP contribution in [-0.2, 0) is 11.3 Å². The second-order valence-corrected chi connectivity index (χ2v) is 6.94. The van der Waals surface area contributed by atoms with Gasteiger partial charge in [0.25, 0.3) is 0 Å². The van der Waals surface area contributed by atoms with Gasteiger partial charge in [-0.1, -0.05) is 13.8 Å². The number of piperidine rings is 1. The summed E-state index contributed by atoms with van der Waals surface area (Å²) in [7, 11) is 0. The van der Waals surface area contributed by atoms with Gasteiger partial charge < -0.3 is 15.5 Å². The van der Waals surface area contributed by atoms with Gasteiger partial charge in [-0.25, -0.2) is 0 Å². The molecule has 0 atom stereocenters. The Hall–Kier alpha value is -1.32. The minimum Gasteiger partial charge on any atom is -0.357 e. The number of halogens is 1. The van der Waals surface area contributed by atoms with Crippen molar-refractivity contribution in [1.29, 1.82) is 0 Å². The van der Waals surface area contributed by atoms with E-state index in [0.717, 1.165) is 50.5 Å². The van der Waals surface area contributed by atoms with Gasteiger partial charge in [-0.3, -0.25) is 14.5 Å². The first-order valence-electron chi connectivity index (χ1n) is 9.32. The predicted octanol–water partition coefficient (Wildman–Crippen LogP) is 2.01. The van der Waals surface area contributed by atoms with Crippen molar-refractivity contribution in [2.45, 2.75) is 53.1 Å². The monoisotopic (exact) mass is 476 g/mol. The number of guanidine groups is 1. The molecule has 1 aromatic heterocycles. The van der Waals surface area contributed by atoms with Crippen molar-refractivity contribution in [3.63, 3.8) is 0 Å². The number of amides is 1. The van der Waals surface area contributed by atoms with Crippen LogP contribution >= 0.6 is 24.0 Å². The molecule has 0 unspecified atom stereocenters. The van der Waals surface area contributed by atoms with Crippen molar-refractivity contribution in [3.05, 3.63) is 18.0 Å². The largest absolute Gasteiger partial charge is 0.357 e. The molecule has 2 heterocycles. The van der Waals surface area contributed by atoms with Gasteiger partial charge in [0.1, 0.15) is 0 Å². The second-order valence-electron chi connectivity index (χ2n) is 6.94. The Morgan fingerprint density at radius 3 is 2.62 bits per heavy atom. The van der Waals surface area contributed by atoms with Crippen LogP contribution in [0.2, 0.25) is 0 Å². The summed E-state index contributed by atoms with van der Waals surface area (Å²) in [5, 5.41) is 11.1. The Morgan fingerprint density at radius 1 is 1.38 bits per heavy atom. The van der Waals surface area contributed by atoms with E-state index in [1.165, 1.54) is 0 Å². The SMILES string of the molecule is CCNC(=NCCn1cc(C)cn1)NC1CCN(C(=O)C(C)C)CC1.I. The van der Waals surface area contributed by atoms with Gasteiger partial charge in [-0.2, -0.15) is 5.10 Å². The molecule has 0 spiro atoms. The van der Waals surface area contributed by atoms with Gasteiger partial charge in [0.05, 0.1) is 19.3 Å². The van der Waals surface area contributed by atoms with Gasteiger partial charge in [0.2, 0.25) is 5.91 Å². The Kier molecular flexibility index (Phi) is 9.97. The molecular weight excluding hydrogens is 443 g/mol. The van der Waals surface area contributed by atoms with Crippen LogP contribution in [0.25, 0.3) is 0 Å². The third-order valence-corrected chi connectivity index (χ3v) is 4.35. The van der Waals surface area contributed by atoms with Crippen LogP contribution in [0.15, 0.2) is 17.4 Å². The third-order valence-electron chi connectivity index (χ3n) is 4.35. The molecule has 7 nitrogen and oxygen atoms in total.